The first kappa shape index (κ1) is 13.6. The number of benzene rings is 2. The number of hydrogen-bond acceptors (Lipinski definition) is 3. The molecule has 3 nitrogen and oxygen atoms in total. The molecule has 1 heterocycles. The highest BCUT2D eigenvalue weighted by Crippen LogP contribution is 2.31. The lowest BCUT2D eigenvalue weighted by atomic mass is 9.99. The third-order valence-electron chi connectivity index (χ3n) is 3.79. The summed E-state index contributed by atoms with van der Waals surface area (Å²) in [6.45, 7) is 4.15. The lowest BCUT2D eigenvalue weighted by Crippen LogP contribution is -2.04. The summed E-state index contributed by atoms with van der Waals surface area (Å²) in [5, 5.41) is 5.64. The highest BCUT2D eigenvalue weighted by molar-refractivity contribution is 5.96. The maximum Gasteiger partial charge on any atom is 0.132 e. The van der Waals surface area contributed by atoms with E-state index in [0.717, 1.165) is 29.3 Å². The molecule has 0 bridgehead atoms. The van der Waals surface area contributed by atoms with Gasteiger partial charge in [0.15, 0.2) is 0 Å². The van der Waals surface area contributed by atoms with Crippen molar-refractivity contribution in [3.8, 4) is 11.3 Å². The second-order valence-electron chi connectivity index (χ2n) is 5.09. The Kier molecular flexibility index (Phi) is 3.57. The van der Waals surface area contributed by atoms with Gasteiger partial charge in [0.2, 0.25) is 0 Å². The van der Waals surface area contributed by atoms with Gasteiger partial charge < -0.3 is 5.32 Å². The summed E-state index contributed by atoms with van der Waals surface area (Å²) < 4.78 is 0. The van der Waals surface area contributed by atoms with E-state index in [0.29, 0.717) is 0 Å². The Hall–Kier alpha value is -2.42. The van der Waals surface area contributed by atoms with E-state index in [1.54, 1.807) is 0 Å². The maximum absolute atomic E-state index is 4.77. The van der Waals surface area contributed by atoms with Gasteiger partial charge in [-0.15, -0.1) is 0 Å². The molecule has 0 unspecified atom stereocenters. The Morgan fingerprint density at radius 3 is 2.52 bits per heavy atom. The monoisotopic (exact) mass is 277 g/mol. The zero-order chi connectivity index (χ0) is 14.8. The van der Waals surface area contributed by atoms with E-state index in [2.05, 4.69) is 66.6 Å². The molecule has 0 saturated carbocycles. The number of aryl methyl sites for hydroxylation is 1. The Morgan fingerprint density at radius 2 is 1.76 bits per heavy atom. The second-order valence-corrected chi connectivity index (χ2v) is 5.09. The summed E-state index contributed by atoms with van der Waals surface area (Å²) in [4.78, 5) is 9.32. The van der Waals surface area contributed by atoms with Gasteiger partial charge in [-0.3, -0.25) is 0 Å². The average Bonchev–Trinajstić information content (AvgIpc) is 2.54. The molecule has 0 fully saturated rings. The van der Waals surface area contributed by atoms with Gasteiger partial charge in [-0.2, -0.15) is 0 Å². The normalized spacial score (nSPS) is 10.8. The Bertz CT molecular complexity index is 788. The number of hydrogen-bond donors (Lipinski definition) is 1. The summed E-state index contributed by atoms with van der Waals surface area (Å²) in [7, 11) is 1.90. The summed E-state index contributed by atoms with van der Waals surface area (Å²) >= 11 is 0. The van der Waals surface area contributed by atoms with E-state index in [1.807, 2.05) is 7.05 Å². The van der Waals surface area contributed by atoms with E-state index in [-0.39, 0.29) is 0 Å². The molecule has 0 aliphatic rings. The van der Waals surface area contributed by atoms with Crippen molar-refractivity contribution >= 4 is 16.6 Å². The molecule has 0 aliphatic carbocycles. The summed E-state index contributed by atoms with van der Waals surface area (Å²) in [6.07, 6.45) is 0.826. The van der Waals surface area contributed by atoms with Gasteiger partial charge in [-0.05, 0) is 17.7 Å². The molecule has 3 aromatic rings. The Labute approximate surface area is 125 Å². The molecular formula is C18H19N3. The lowest BCUT2D eigenvalue weighted by Gasteiger charge is -2.13. The quantitative estimate of drug-likeness (QED) is 0.779. The van der Waals surface area contributed by atoms with Crippen LogP contribution in [0.4, 0.5) is 5.82 Å². The van der Waals surface area contributed by atoms with E-state index < -0.39 is 0 Å². The Morgan fingerprint density at radius 1 is 1.00 bits per heavy atom. The average molecular weight is 277 g/mol. The minimum Gasteiger partial charge on any atom is -0.373 e. The van der Waals surface area contributed by atoms with Crippen LogP contribution in [0.1, 0.15) is 18.3 Å². The van der Waals surface area contributed by atoms with Crippen LogP contribution in [0.5, 0.6) is 0 Å². The fourth-order valence-electron chi connectivity index (χ4n) is 2.66. The highest BCUT2D eigenvalue weighted by Gasteiger charge is 2.13. The first-order valence-electron chi connectivity index (χ1n) is 7.28. The van der Waals surface area contributed by atoms with Crippen LogP contribution in [0, 0.1) is 6.92 Å². The molecule has 21 heavy (non-hydrogen) atoms. The molecule has 3 rings (SSSR count). The molecule has 0 amide bonds. The molecule has 3 heteroatoms. The number of aromatic nitrogens is 2. The largest absolute Gasteiger partial charge is 0.373 e. The molecule has 1 N–H and O–H groups in total. The summed E-state index contributed by atoms with van der Waals surface area (Å²) in [5.74, 6) is 1.78. The molecule has 2 aromatic carbocycles. The first-order chi connectivity index (χ1) is 10.2. The smallest absolute Gasteiger partial charge is 0.132 e. The molecule has 0 atom stereocenters. The number of fused-ring (bicyclic) bond motifs is 1. The molecule has 1 aromatic heterocycles. The standard InChI is InChI=1S/C18H19N3/c1-4-16-20-17(12(2)18(19-3)21-16)15-11-7-9-13-8-5-6-10-14(13)15/h5-11H,4H2,1-3H3,(H,19,20,21). The van der Waals surface area contributed by atoms with Crippen molar-refractivity contribution in [3.05, 3.63) is 53.9 Å². The fourth-order valence-corrected chi connectivity index (χ4v) is 2.66. The number of anilines is 1. The van der Waals surface area contributed by atoms with Gasteiger partial charge in [-0.1, -0.05) is 49.4 Å². The molecule has 106 valence electrons. The van der Waals surface area contributed by atoms with E-state index in [1.165, 1.54) is 16.3 Å². The summed E-state index contributed by atoms with van der Waals surface area (Å²) in [6, 6.07) is 14.8. The van der Waals surface area contributed by atoms with Crippen LogP contribution in [0.3, 0.4) is 0 Å². The van der Waals surface area contributed by atoms with Gasteiger partial charge in [0.05, 0.1) is 5.69 Å². The van der Waals surface area contributed by atoms with Gasteiger partial charge in [0.25, 0.3) is 0 Å². The van der Waals surface area contributed by atoms with E-state index >= 15 is 0 Å². The van der Waals surface area contributed by atoms with Crippen LogP contribution in [-0.4, -0.2) is 17.0 Å². The molecular weight excluding hydrogens is 258 g/mol. The molecule has 0 spiro atoms. The molecule has 0 saturated heterocycles. The van der Waals surface area contributed by atoms with Crippen LogP contribution in [0.2, 0.25) is 0 Å². The SMILES string of the molecule is CCc1nc(NC)c(C)c(-c2cccc3ccccc23)n1. The third-order valence-corrected chi connectivity index (χ3v) is 3.79. The van der Waals surface area contributed by atoms with Crippen molar-refractivity contribution < 1.29 is 0 Å². The van der Waals surface area contributed by atoms with Gasteiger partial charge in [-0.25, -0.2) is 9.97 Å². The molecule has 0 radical (unpaired) electrons. The minimum atomic E-state index is 0.826. The lowest BCUT2D eigenvalue weighted by molar-refractivity contribution is 0.936. The van der Waals surface area contributed by atoms with Crippen molar-refractivity contribution in [2.75, 3.05) is 12.4 Å². The molecule has 0 aliphatic heterocycles. The topological polar surface area (TPSA) is 37.8 Å². The predicted molar refractivity (Wildman–Crippen MR) is 88.6 cm³/mol. The van der Waals surface area contributed by atoms with Crippen LogP contribution < -0.4 is 5.32 Å². The van der Waals surface area contributed by atoms with Gasteiger partial charge in [0.1, 0.15) is 11.6 Å². The van der Waals surface area contributed by atoms with Crippen molar-refractivity contribution in [2.24, 2.45) is 0 Å². The van der Waals surface area contributed by atoms with Crippen LogP contribution in [-0.2, 0) is 6.42 Å². The maximum atomic E-state index is 4.77. The second kappa shape index (κ2) is 5.52. The predicted octanol–water partition coefficient (Wildman–Crippen LogP) is 4.21. The van der Waals surface area contributed by atoms with Crippen molar-refractivity contribution in [1.82, 2.24) is 9.97 Å². The minimum absolute atomic E-state index is 0.826. The van der Waals surface area contributed by atoms with Gasteiger partial charge in [0, 0.05) is 24.6 Å². The van der Waals surface area contributed by atoms with Crippen molar-refractivity contribution in [2.45, 2.75) is 20.3 Å². The number of rotatable bonds is 3. The van der Waals surface area contributed by atoms with Crippen LogP contribution >= 0.6 is 0 Å². The zero-order valence-corrected chi connectivity index (χ0v) is 12.6. The number of nitrogens with one attached hydrogen (secondary N) is 1. The van der Waals surface area contributed by atoms with Crippen molar-refractivity contribution in [3.63, 3.8) is 0 Å². The fraction of sp³-hybridized carbons (Fsp3) is 0.222. The van der Waals surface area contributed by atoms with Crippen LogP contribution in [0.25, 0.3) is 22.0 Å². The third kappa shape index (κ3) is 2.35. The first-order valence-corrected chi connectivity index (χ1v) is 7.28. The van der Waals surface area contributed by atoms with E-state index in [9.17, 15) is 0 Å². The zero-order valence-electron chi connectivity index (χ0n) is 12.6. The van der Waals surface area contributed by atoms with Crippen molar-refractivity contribution in [1.29, 1.82) is 0 Å². The van der Waals surface area contributed by atoms with E-state index in [4.69, 9.17) is 4.98 Å². The number of nitrogens with zero attached hydrogens (tertiary/aromatic N) is 2. The van der Waals surface area contributed by atoms with Crippen LogP contribution in [0.15, 0.2) is 42.5 Å². The summed E-state index contributed by atoms with van der Waals surface area (Å²) in [5.41, 5.74) is 3.27. The highest BCUT2D eigenvalue weighted by atomic mass is 15.0. The van der Waals surface area contributed by atoms with Gasteiger partial charge >= 0.3 is 0 Å². The Balaban J connectivity index is 2.32.